The van der Waals surface area contributed by atoms with Gasteiger partial charge in [0.1, 0.15) is 12.4 Å². The molecule has 39 heavy (non-hydrogen) atoms. The Hall–Kier alpha value is -2.82. The van der Waals surface area contributed by atoms with E-state index >= 15 is 0 Å². The quantitative estimate of drug-likeness (QED) is 0.279. The van der Waals surface area contributed by atoms with Crippen molar-refractivity contribution in [2.45, 2.75) is 71.5 Å². The van der Waals surface area contributed by atoms with Crippen LogP contribution in [0.15, 0.2) is 54.6 Å². The molecule has 2 aliphatic carbocycles. The summed E-state index contributed by atoms with van der Waals surface area (Å²) in [7, 11) is 3.26. The lowest BCUT2D eigenvalue weighted by Gasteiger charge is -2.46. The highest BCUT2D eigenvalue weighted by Crippen LogP contribution is 2.57. The molecule has 0 N–H and O–H groups in total. The number of rotatable bonds is 7. The normalized spacial score (nSPS) is 20.8. The molecular formula is C34H39ClO4. The van der Waals surface area contributed by atoms with Crippen molar-refractivity contribution in [2.75, 3.05) is 14.2 Å². The number of halogens is 1. The highest BCUT2D eigenvalue weighted by atomic mass is 35.5. The lowest BCUT2D eigenvalue weighted by Crippen LogP contribution is -2.47. The standard InChI is InChI=1S/C34H39ClO4/c1-21-7-12-30(35)26(17-21)25-11-8-22(18-27(25)31(37-5)33(2,3)4)20-39-24-10-9-23-13-15-34(29(23)19-24)16-14-28(34)32(36)38-6/h7-12,17-19,28,31H,13-16,20H2,1-6H3/t28-,31-,34-/m1/s1. The molecule has 3 aromatic carbocycles. The largest absolute Gasteiger partial charge is 0.489 e. The van der Waals surface area contributed by atoms with Crippen LogP contribution in [0.2, 0.25) is 5.02 Å². The summed E-state index contributed by atoms with van der Waals surface area (Å²) < 4.78 is 17.5. The van der Waals surface area contributed by atoms with Crippen LogP contribution >= 0.6 is 11.6 Å². The summed E-state index contributed by atoms with van der Waals surface area (Å²) in [5, 5.41) is 0.725. The molecule has 4 nitrogen and oxygen atoms in total. The first-order chi connectivity index (χ1) is 18.6. The number of esters is 1. The topological polar surface area (TPSA) is 44.8 Å². The number of hydrogen-bond acceptors (Lipinski definition) is 4. The van der Waals surface area contributed by atoms with E-state index in [-0.39, 0.29) is 28.8 Å². The Morgan fingerprint density at radius 1 is 1.03 bits per heavy atom. The first-order valence-corrected chi connectivity index (χ1v) is 14.2. The van der Waals surface area contributed by atoms with Gasteiger partial charge < -0.3 is 14.2 Å². The lowest BCUT2D eigenvalue weighted by atomic mass is 9.57. The van der Waals surface area contributed by atoms with E-state index in [2.05, 4.69) is 70.2 Å². The van der Waals surface area contributed by atoms with Crippen molar-refractivity contribution in [2.24, 2.45) is 11.3 Å². The van der Waals surface area contributed by atoms with Gasteiger partial charge in [0.15, 0.2) is 0 Å². The summed E-state index contributed by atoms with van der Waals surface area (Å²) >= 11 is 6.68. The summed E-state index contributed by atoms with van der Waals surface area (Å²) in [4.78, 5) is 12.4. The van der Waals surface area contributed by atoms with E-state index < -0.39 is 0 Å². The van der Waals surface area contributed by atoms with Crippen molar-refractivity contribution in [3.63, 3.8) is 0 Å². The molecule has 1 spiro atoms. The minimum Gasteiger partial charge on any atom is -0.489 e. The van der Waals surface area contributed by atoms with E-state index in [1.165, 1.54) is 18.2 Å². The number of aryl methyl sites for hydroxylation is 2. The highest BCUT2D eigenvalue weighted by molar-refractivity contribution is 6.33. The van der Waals surface area contributed by atoms with E-state index in [1.807, 2.05) is 12.1 Å². The van der Waals surface area contributed by atoms with Gasteiger partial charge in [0.05, 0.1) is 19.1 Å². The summed E-state index contributed by atoms with van der Waals surface area (Å²) in [6.07, 6.45) is 3.80. The zero-order valence-corrected chi connectivity index (χ0v) is 24.7. The molecule has 0 unspecified atom stereocenters. The molecule has 5 rings (SSSR count). The molecule has 0 saturated heterocycles. The Morgan fingerprint density at radius 2 is 1.82 bits per heavy atom. The van der Waals surface area contributed by atoms with Crippen LogP contribution in [-0.4, -0.2) is 20.2 Å². The molecular weight excluding hydrogens is 508 g/mol. The molecule has 206 valence electrons. The number of carbonyl (C=O) groups excluding carboxylic acids is 1. The minimum atomic E-state index is -0.127. The lowest BCUT2D eigenvalue weighted by molar-refractivity contribution is -0.153. The Kier molecular flexibility index (Phi) is 7.56. The molecule has 5 heteroatoms. The second kappa shape index (κ2) is 10.6. The van der Waals surface area contributed by atoms with Crippen molar-refractivity contribution in [3.05, 3.63) is 87.4 Å². The van der Waals surface area contributed by atoms with Crippen LogP contribution < -0.4 is 4.74 Å². The van der Waals surface area contributed by atoms with Gasteiger partial charge in [0.2, 0.25) is 0 Å². The van der Waals surface area contributed by atoms with Crippen LogP contribution in [-0.2, 0) is 32.7 Å². The number of hydrogen-bond donors (Lipinski definition) is 0. The molecule has 1 fully saturated rings. The molecule has 0 amide bonds. The zero-order valence-electron chi connectivity index (χ0n) is 23.9. The van der Waals surface area contributed by atoms with E-state index in [1.54, 1.807) is 7.11 Å². The number of carbonyl (C=O) groups is 1. The molecule has 1 saturated carbocycles. The molecule has 0 aliphatic heterocycles. The Balaban J connectivity index is 1.44. The van der Waals surface area contributed by atoms with Crippen molar-refractivity contribution in [3.8, 4) is 16.9 Å². The van der Waals surface area contributed by atoms with Crippen molar-refractivity contribution >= 4 is 17.6 Å². The van der Waals surface area contributed by atoms with Gasteiger partial charge in [-0.05, 0) is 96.2 Å². The van der Waals surface area contributed by atoms with Crippen LogP contribution in [0.25, 0.3) is 11.1 Å². The predicted molar refractivity (Wildman–Crippen MR) is 156 cm³/mol. The van der Waals surface area contributed by atoms with Crippen LogP contribution in [0.4, 0.5) is 0 Å². The van der Waals surface area contributed by atoms with Crippen LogP contribution in [0.5, 0.6) is 5.75 Å². The molecule has 0 bridgehead atoms. The molecule has 3 aromatic rings. The fraction of sp³-hybridized carbons (Fsp3) is 0.441. The smallest absolute Gasteiger partial charge is 0.309 e. The van der Waals surface area contributed by atoms with Gasteiger partial charge in [-0.15, -0.1) is 0 Å². The van der Waals surface area contributed by atoms with Gasteiger partial charge >= 0.3 is 5.97 Å². The zero-order chi connectivity index (χ0) is 27.9. The third kappa shape index (κ3) is 5.10. The summed E-state index contributed by atoms with van der Waals surface area (Å²) in [6.45, 7) is 9.08. The maximum atomic E-state index is 12.4. The first-order valence-electron chi connectivity index (χ1n) is 13.8. The maximum absolute atomic E-state index is 12.4. The summed E-state index contributed by atoms with van der Waals surface area (Å²) in [6, 6.07) is 18.9. The number of benzene rings is 3. The first kappa shape index (κ1) is 27.7. The highest BCUT2D eigenvalue weighted by Gasteiger charge is 2.55. The number of methoxy groups -OCH3 is 2. The van der Waals surface area contributed by atoms with Gasteiger partial charge in [-0.2, -0.15) is 0 Å². The SMILES string of the molecule is COC(=O)[C@H]1CC[C@]12CCc1ccc(OCc3ccc(-c4cc(C)ccc4Cl)c([C@@H](OC)C(C)(C)C)c3)cc12. The van der Waals surface area contributed by atoms with Crippen molar-refractivity contribution in [1.82, 2.24) is 0 Å². The molecule has 0 heterocycles. The molecule has 0 aromatic heterocycles. The fourth-order valence-electron chi connectivity index (χ4n) is 6.69. The van der Waals surface area contributed by atoms with E-state index in [4.69, 9.17) is 25.8 Å². The summed E-state index contributed by atoms with van der Waals surface area (Å²) in [5.74, 6) is 0.691. The van der Waals surface area contributed by atoms with Gasteiger partial charge in [0, 0.05) is 23.1 Å². The van der Waals surface area contributed by atoms with Crippen LogP contribution in [0, 0.1) is 18.3 Å². The van der Waals surface area contributed by atoms with Crippen molar-refractivity contribution < 1.29 is 19.0 Å². The average molecular weight is 547 g/mol. The summed E-state index contributed by atoms with van der Waals surface area (Å²) in [5.41, 5.74) is 7.78. The van der Waals surface area contributed by atoms with Gasteiger partial charge in [0.25, 0.3) is 0 Å². The number of ether oxygens (including phenoxy) is 3. The average Bonchev–Trinajstić information content (AvgIpc) is 3.29. The van der Waals surface area contributed by atoms with E-state index in [0.717, 1.165) is 64.3 Å². The Bertz CT molecular complexity index is 1390. The van der Waals surface area contributed by atoms with Gasteiger partial charge in [-0.3, -0.25) is 4.79 Å². The molecule has 0 radical (unpaired) electrons. The third-order valence-corrected chi connectivity index (χ3v) is 9.06. The third-order valence-electron chi connectivity index (χ3n) is 8.73. The van der Waals surface area contributed by atoms with Crippen LogP contribution in [0.1, 0.15) is 74.0 Å². The second-order valence-corrected chi connectivity index (χ2v) is 12.7. The van der Waals surface area contributed by atoms with Crippen molar-refractivity contribution in [1.29, 1.82) is 0 Å². The predicted octanol–water partition coefficient (Wildman–Crippen LogP) is 8.40. The molecule has 3 atom stereocenters. The van der Waals surface area contributed by atoms with Gasteiger partial charge in [-0.1, -0.05) is 62.2 Å². The maximum Gasteiger partial charge on any atom is 0.309 e. The fourth-order valence-corrected chi connectivity index (χ4v) is 6.91. The van der Waals surface area contributed by atoms with Gasteiger partial charge in [-0.25, -0.2) is 0 Å². The second-order valence-electron chi connectivity index (χ2n) is 12.3. The monoisotopic (exact) mass is 546 g/mol. The minimum absolute atomic E-state index is 0.0501. The van der Waals surface area contributed by atoms with E-state index in [9.17, 15) is 4.79 Å². The Labute approximate surface area is 237 Å². The molecule has 2 aliphatic rings. The Morgan fingerprint density at radius 3 is 2.49 bits per heavy atom. The van der Waals surface area contributed by atoms with Crippen LogP contribution in [0.3, 0.4) is 0 Å². The number of fused-ring (bicyclic) bond motifs is 2. The van der Waals surface area contributed by atoms with E-state index in [0.29, 0.717) is 6.61 Å².